The van der Waals surface area contributed by atoms with Crippen molar-refractivity contribution in [3.63, 3.8) is 0 Å². The summed E-state index contributed by atoms with van der Waals surface area (Å²) in [6.45, 7) is 6.01. The number of thioether (sulfide) groups is 1. The summed E-state index contributed by atoms with van der Waals surface area (Å²) in [5, 5.41) is 0. The Hall–Kier alpha value is -0.0900. The Kier molecular flexibility index (Phi) is 4.34. The van der Waals surface area contributed by atoms with E-state index in [9.17, 15) is 31.1 Å². The topological polar surface area (TPSA) is 20.3 Å². The SMILES string of the molecule is CC1(C)C(=O)C(C)(C)C12SN(C13CC4CC(CC(C4)C1)C3)C(C(F)(F)F)(C(F)(F)F)S2. The summed E-state index contributed by atoms with van der Waals surface area (Å²) in [6.07, 6.45) is -7.17. The first-order valence-corrected chi connectivity index (χ1v) is 12.4. The van der Waals surface area contributed by atoms with Gasteiger partial charge in [0.15, 0.2) is 0 Å². The molecule has 2 nitrogen and oxygen atoms in total. The lowest BCUT2D eigenvalue weighted by Gasteiger charge is -2.63. The van der Waals surface area contributed by atoms with E-state index < -0.39 is 37.7 Å². The van der Waals surface area contributed by atoms with Crippen LogP contribution >= 0.6 is 23.7 Å². The van der Waals surface area contributed by atoms with Gasteiger partial charge >= 0.3 is 12.4 Å². The second-order valence-electron chi connectivity index (χ2n) is 11.5. The quantitative estimate of drug-likeness (QED) is 0.299. The van der Waals surface area contributed by atoms with Crippen molar-refractivity contribution >= 4 is 29.5 Å². The van der Waals surface area contributed by atoms with E-state index in [4.69, 9.17) is 0 Å². The predicted molar refractivity (Wildman–Crippen MR) is 108 cm³/mol. The number of rotatable bonds is 1. The van der Waals surface area contributed by atoms with E-state index in [1.54, 1.807) is 0 Å². The van der Waals surface area contributed by atoms with Crippen molar-refractivity contribution in [2.24, 2.45) is 28.6 Å². The minimum Gasteiger partial charge on any atom is -0.298 e. The number of ketones is 1. The van der Waals surface area contributed by atoms with Crippen LogP contribution in [0, 0.1) is 28.6 Å². The van der Waals surface area contributed by atoms with Crippen molar-refractivity contribution in [2.45, 2.75) is 93.1 Å². The van der Waals surface area contributed by atoms with E-state index in [0.29, 0.717) is 31.2 Å². The Morgan fingerprint density at radius 1 is 0.806 bits per heavy atom. The second-order valence-corrected chi connectivity index (χ2v) is 14.3. The van der Waals surface area contributed by atoms with E-state index in [-0.39, 0.29) is 35.3 Å². The molecule has 1 saturated heterocycles. The van der Waals surface area contributed by atoms with Crippen LogP contribution in [0.25, 0.3) is 0 Å². The summed E-state index contributed by atoms with van der Waals surface area (Å²) in [5.74, 6) is 0.287. The molecule has 6 rings (SSSR count). The summed E-state index contributed by atoms with van der Waals surface area (Å²) in [4.78, 5) is 8.80. The van der Waals surface area contributed by atoms with Crippen LogP contribution in [0.5, 0.6) is 0 Å². The molecule has 6 fully saturated rings. The molecule has 1 aliphatic heterocycles. The van der Waals surface area contributed by atoms with E-state index in [0.717, 1.165) is 23.6 Å². The molecule has 1 heterocycles. The standard InChI is InChI=1S/C21H27F6NOS2/c1-15(2)14(29)16(3,4)19(15)30-18(20(22,23)24,21(25,26)27)28(31-19)17-8-11-5-12(9-17)7-13(6-11)10-17/h11-13H,5-10H2,1-4H3. The smallest absolute Gasteiger partial charge is 0.298 e. The van der Waals surface area contributed by atoms with Crippen LogP contribution in [-0.4, -0.2) is 36.9 Å². The molecule has 0 atom stereocenters. The summed E-state index contributed by atoms with van der Waals surface area (Å²) in [6, 6.07) is 0. The van der Waals surface area contributed by atoms with Crippen LogP contribution in [-0.2, 0) is 4.79 Å². The number of alkyl halides is 6. The van der Waals surface area contributed by atoms with Gasteiger partial charge in [-0.2, -0.15) is 26.3 Å². The fourth-order valence-electron chi connectivity index (χ4n) is 7.99. The normalized spacial score (nSPS) is 42.3. The first-order valence-electron chi connectivity index (χ1n) is 10.8. The van der Waals surface area contributed by atoms with Crippen molar-refractivity contribution in [2.75, 3.05) is 0 Å². The number of hydrogen-bond donors (Lipinski definition) is 0. The number of carbonyl (C=O) groups excluding carboxylic acids is 1. The Balaban J connectivity index is 1.71. The van der Waals surface area contributed by atoms with Crippen molar-refractivity contribution in [1.82, 2.24) is 4.31 Å². The van der Waals surface area contributed by atoms with Crippen LogP contribution in [0.15, 0.2) is 0 Å². The number of hydrogen-bond acceptors (Lipinski definition) is 4. The zero-order chi connectivity index (χ0) is 23.0. The molecule has 0 radical (unpaired) electrons. The van der Waals surface area contributed by atoms with E-state index in [1.165, 1.54) is 27.7 Å². The molecule has 1 spiro atoms. The minimum absolute atomic E-state index is 0.0461. The Bertz CT molecular complexity index is 765. The van der Waals surface area contributed by atoms with Crippen LogP contribution in [0.1, 0.15) is 66.2 Å². The van der Waals surface area contributed by atoms with Gasteiger partial charge in [-0.05, 0) is 56.3 Å². The highest BCUT2D eigenvalue weighted by Crippen LogP contribution is 2.83. The van der Waals surface area contributed by atoms with Crippen molar-refractivity contribution in [3.8, 4) is 0 Å². The Morgan fingerprint density at radius 3 is 1.55 bits per heavy atom. The Labute approximate surface area is 186 Å². The molecule has 5 aliphatic carbocycles. The van der Waals surface area contributed by atoms with E-state index in [2.05, 4.69) is 0 Å². The highest BCUT2D eigenvalue weighted by Gasteiger charge is 2.89. The van der Waals surface area contributed by atoms with Gasteiger partial charge in [-0.15, -0.1) is 0 Å². The minimum atomic E-state index is -5.53. The van der Waals surface area contributed by atoms with Crippen molar-refractivity contribution in [1.29, 1.82) is 0 Å². The monoisotopic (exact) mass is 487 g/mol. The highest BCUT2D eigenvalue weighted by atomic mass is 32.2. The third kappa shape index (κ3) is 2.43. The van der Waals surface area contributed by atoms with Crippen LogP contribution < -0.4 is 0 Å². The zero-order valence-electron chi connectivity index (χ0n) is 17.9. The first-order chi connectivity index (χ1) is 13.9. The lowest BCUT2D eigenvalue weighted by atomic mass is 9.53. The van der Waals surface area contributed by atoms with Gasteiger partial charge in [0.2, 0.25) is 0 Å². The number of carbonyl (C=O) groups is 1. The lowest BCUT2D eigenvalue weighted by molar-refractivity contribution is -0.304. The van der Waals surface area contributed by atoms with Gasteiger partial charge < -0.3 is 0 Å². The van der Waals surface area contributed by atoms with Gasteiger partial charge in [-0.1, -0.05) is 51.4 Å². The average Bonchev–Trinajstić information content (AvgIpc) is 3.01. The van der Waals surface area contributed by atoms with Gasteiger partial charge in [0.05, 0.1) is 10.8 Å². The largest absolute Gasteiger partial charge is 0.426 e. The molecular formula is C21H27F6NOS2. The molecular weight excluding hydrogens is 460 g/mol. The molecule has 4 bridgehead atoms. The second kappa shape index (κ2) is 5.93. The van der Waals surface area contributed by atoms with Crippen LogP contribution in [0.3, 0.4) is 0 Å². The number of nitrogens with zero attached hydrogens (tertiary/aromatic N) is 1. The summed E-state index contributed by atoms with van der Waals surface area (Å²) < 4.78 is 87.2. The van der Waals surface area contributed by atoms with E-state index >= 15 is 0 Å². The summed E-state index contributed by atoms with van der Waals surface area (Å²) >= 11 is 0.656. The van der Waals surface area contributed by atoms with Crippen molar-refractivity contribution in [3.05, 3.63) is 0 Å². The summed E-state index contributed by atoms with van der Waals surface area (Å²) in [7, 11) is 0. The maximum absolute atomic E-state index is 14.7. The third-order valence-corrected chi connectivity index (χ3v) is 13.7. The molecule has 0 unspecified atom stereocenters. The maximum atomic E-state index is 14.7. The van der Waals surface area contributed by atoms with Gasteiger partial charge in [0, 0.05) is 5.54 Å². The summed E-state index contributed by atoms with van der Waals surface area (Å²) in [5.41, 5.74) is -3.74. The van der Waals surface area contributed by atoms with E-state index in [1.807, 2.05) is 0 Å². The molecule has 0 aromatic rings. The fourth-order valence-corrected chi connectivity index (χ4v) is 12.2. The predicted octanol–water partition coefficient (Wildman–Crippen LogP) is 6.80. The number of Topliss-reactive ketones (excluding diaryl/α,β-unsaturated/α-hetero) is 1. The van der Waals surface area contributed by atoms with Gasteiger partial charge in [-0.3, -0.25) is 4.79 Å². The highest BCUT2D eigenvalue weighted by molar-refractivity contribution is 8.21. The molecule has 0 amide bonds. The van der Waals surface area contributed by atoms with Crippen LogP contribution in [0.2, 0.25) is 0 Å². The maximum Gasteiger partial charge on any atom is 0.426 e. The molecule has 10 heteroatoms. The molecule has 31 heavy (non-hydrogen) atoms. The molecule has 6 aliphatic rings. The lowest BCUT2D eigenvalue weighted by Crippen LogP contribution is -2.71. The molecule has 5 saturated carbocycles. The van der Waals surface area contributed by atoms with Gasteiger partial charge in [0.25, 0.3) is 4.87 Å². The zero-order valence-corrected chi connectivity index (χ0v) is 19.5. The molecule has 176 valence electrons. The van der Waals surface area contributed by atoms with Gasteiger partial charge in [0.1, 0.15) is 9.86 Å². The Morgan fingerprint density at radius 2 is 1.19 bits per heavy atom. The third-order valence-electron chi connectivity index (χ3n) is 8.78. The molecule has 0 aromatic heterocycles. The number of halogens is 6. The van der Waals surface area contributed by atoms with Crippen LogP contribution in [0.4, 0.5) is 26.3 Å². The van der Waals surface area contributed by atoms with Crippen molar-refractivity contribution < 1.29 is 31.1 Å². The average molecular weight is 488 g/mol. The van der Waals surface area contributed by atoms with Gasteiger partial charge in [-0.25, -0.2) is 4.31 Å². The fraction of sp³-hybridized carbons (Fsp3) is 0.952. The molecule has 0 N–H and O–H groups in total. The molecule has 0 aromatic carbocycles. The first kappa shape index (κ1) is 22.7.